The molecule has 0 bridgehead atoms. The average molecular weight is 243 g/mol. The summed E-state index contributed by atoms with van der Waals surface area (Å²) in [4.78, 5) is 16.6. The summed E-state index contributed by atoms with van der Waals surface area (Å²) in [5.74, 6) is 0.172. The molecule has 0 amide bonds. The molecule has 0 saturated heterocycles. The number of hydrogen-bond acceptors (Lipinski definition) is 3. The van der Waals surface area contributed by atoms with E-state index in [1.54, 1.807) is 11.7 Å². The number of benzene rings is 1. The zero-order valence-corrected chi connectivity index (χ0v) is 10.3. The maximum Gasteiger partial charge on any atom is 0.178 e. The first-order valence-corrected chi connectivity index (χ1v) is 6.73. The minimum absolute atomic E-state index is 0.172. The first kappa shape index (κ1) is 10.7. The Kier molecular flexibility index (Phi) is 2.77. The molecule has 86 valence electrons. The molecule has 0 saturated carbocycles. The summed E-state index contributed by atoms with van der Waals surface area (Å²) >= 11 is 1.42. The van der Waals surface area contributed by atoms with Gasteiger partial charge >= 0.3 is 0 Å². The van der Waals surface area contributed by atoms with Gasteiger partial charge in [-0.2, -0.15) is 0 Å². The third-order valence-electron chi connectivity index (χ3n) is 3.23. The maximum atomic E-state index is 11.9. The molecule has 0 aliphatic heterocycles. The molecule has 2 nitrogen and oxygen atoms in total. The number of thiazole rings is 1. The van der Waals surface area contributed by atoms with Gasteiger partial charge in [0.15, 0.2) is 5.78 Å². The van der Waals surface area contributed by atoms with Gasteiger partial charge in [-0.1, -0.05) is 18.2 Å². The molecule has 17 heavy (non-hydrogen) atoms. The lowest BCUT2D eigenvalue weighted by Gasteiger charge is -2.03. The molecule has 0 radical (unpaired) electrons. The van der Waals surface area contributed by atoms with Crippen LogP contribution >= 0.6 is 11.3 Å². The van der Waals surface area contributed by atoms with E-state index in [1.807, 2.05) is 0 Å². The van der Waals surface area contributed by atoms with Crippen LogP contribution in [0.1, 0.15) is 32.8 Å². The van der Waals surface area contributed by atoms with Crippen LogP contribution in [0.15, 0.2) is 29.9 Å². The zero-order valence-electron chi connectivity index (χ0n) is 9.48. The molecular weight excluding hydrogens is 230 g/mol. The molecule has 2 aromatic rings. The molecule has 1 heterocycles. The van der Waals surface area contributed by atoms with Crippen molar-refractivity contribution in [3.8, 4) is 0 Å². The van der Waals surface area contributed by atoms with Gasteiger partial charge in [0, 0.05) is 12.6 Å². The number of Topliss-reactive ketones (excluding diaryl/α,β-unsaturated/α-hetero) is 1. The lowest BCUT2D eigenvalue weighted by Crippen LogP contribution is -2.01. The standard InChI is InChI=1S/C14H13NOS/c16-13(14-8-15-9-17-14)7-10-4-5-11-2-1-3-12(11)6-10/h4-6,8-9H,1-3,7H2. The molecule has 0 unspecified atom stereocenters. The lowest BCUT2D eigenvalue weighted by atomic mass is 10.0. The third kappa shape index (κ3) is 2.15. The van der Waals surface area contributed by atoms with Gasteiger partial charge in [-0.15, -0.1) is 11.3 Å². The second-order valence-corrected chi connectivity index (χ2v) is 5.31. The first-order valence-electron chi connectivity index (χ1n) is 5.85. The summed E-state index contributed by atoms with van der Waals surface area (Å²) in [5, 5.41) is 0. The van der Waals surface area contributed by atoms with Crippen molar-refractivity contribution in [1.82, 2.24) is 4.98 Å². The second-order valence-electron chi connectivity index (χ2n) is 4.42. The van der Waals surface area contributed by atoms with E-state index < -0.39 is 0 Å². The predicted molar refractivity (Wildman–Crippen MR) is 68.6 cm³/mol. The van der Waals surface area contributed by atoms with Gasteiger partial charge in [0.05, 0.1) is 10.4 Å². The lowest BCUT2D eigenvalue weighted by molar-refractivity contribution is 0.0996. The summed E-state index contributed by atoms with van der Waals surface area (Å²) in [5.41, 5.74) is 5.72. The van der Waals surface area contributed by atoms with Gasteiger partial charge in [-0.3, -0.25) is 9.78 Å². The normalized spacial score (nSPS) is 13.6. The Labute approximate surface area is 104 Å². The molecule has 0 atom stereocenters. The Bertz CT molecular complexity index is 545. The Hall–Kier alpha value is -1.48. The van der Waals surface area contributed by atoms with Crippen molar-refractivity contribution in [3.63, 3.8) is 0 Å². The van der Waals surface area contributed by atoms with Crippen molar-refractivity contribution in [1.29, 1.82) is 0 Å². The van der Waals surface area contributed by atoms with Crippen molar-refractivity contribution in [2.24, 2.45) is 0 Å². The summed E-state index contributed by atoms with van der Waals surface area (Å²) in [6.45, 7) is 0. The van der Waals surface area contributed by atoms with Crippen LogP contribution in [-0.4, -0.2) is 10.8 Å². The minimum Gasteiger partial charge on any atom is -0.293 e. The smallest absolute Gasteiger partial charge is 0.178 e. The van der Waals surface area contributed by atoms with Gasteiger partial charge in [-0.05, 0) is 36.0 Å². The van der Waals surface area contributed by atoms with Gasteiger partial charge < -0.3 is 0 Å². The highest BCUT2D eigenvalue weighted by Gasteiger charge is 2.13. The molecule has 1 aliphatic carbocycles. The molecule has 0 N–H and O–H groups in total. The highest BCUT2D eigenvalue weighted by Crippen LogP contribution is 2.23. The van der Waals surface area contributed by atoms with Crippen molar-refractivity contribution >= 4 is 17.1 Å². The van der Waals surface area contributed by atoms with Gasteiger partial charge in [0.1, 0.15) is 0 Å². The first-order chi connectivity index (χ1) is 8.33. The zero-order chi connectivity index (χ0) is 11.7. The van der Waals surface area contributed by atoms with Crippen molar-refractivity contribution in [2.75, 3.05) is 0 Å². The van der Waals surface area contributed by atoms with E-state index in [4.69, 9.17) is 0 Å². The number of carbonyl (C=O) groups is 1. The van der Waals surface area contributed by atoms with Crippen LogP contribution in [0, 0.1) is 0 Å². The summed E-state index contributed by atoms with van der Waals surface area (Å²) in [6.07, 6.45) is 5.76. The Morgan fingerprint density at radius 1 is 1.29 bits per heavy atom. The molecule has 3 heteroatoms. The second kappa shape index (κ2) is 4.41. The van der Waals surface area contributed by atoms with Crippen LogP contribution in [0.3, 0.4) is 0 Å². The van der Waals surface area contributed by atoms with E-state index in [-0.39, 0.29) is 5.78 Å². The molecule has 0 spiro atoms. The number of nitrogens with zero attached hydrogens (tertiary/aromatic N) is 1. The number of carbonyl (C=O) groups excluding carboxylic acids is 1. The Morgan fingerprint density at radius 3 is 3.00 bits per heavy atom. The molecule has 1 aliphatic rings. The highest BCUT2D eigenvalue weighted by atomic mass is 32.1. The topological polar surface area (TPSA) is 30.0 Å². The van der Waals surface area contributed by atoms with E-state index in [2.05, 4.69) is 23.2 Å². The molecular formula is C14H13NOS. The van der Waals surface area contributed by atoms with E-state index in [9.17, 15) is 4.79 Å². The Balaban J connectivity index is 1.80. The van der Waals surface area contributed by atoms with Crippen LogP contribution in [-0.2, 0) is 19.3 Å². The van der Waals surface area contributed by atoms with E-state index in [0.29, 0.717) is 6.42 Å². The molecule has 1 aromatic carbocycles. The van der Waals surface area contributed by atoms with Crippen LogP contribution in [0.25, 0.3) is 0 Å². The predicted octanol–water partition coefficient (Wildman–Crippen LogP) is 3.06. The number of aromatic nitrogens is 1. The average Bonchev–Trinajstić information content (AvgIpc) is 2.99. The van der Waals surface area contributed by atoms with Crippen LogP contribution in [0.2, 0.25) is 0 Å². The van der Waals surface area contributed by atoms with Crippen LogP contribution in [0.4, 0.5) is 0 Å². The van der Waals surface area contributed by atoms with Gasteiger partial charge in [0.25, 0.3) is 0 Å². The molecule has 3 rings (SSSR count). The summed E-state index contributed by atoms with van der Waals surface area (Å²) in [6, 6.07) is 6.46. The Morgan fingerprint density at radius 2 is 2.18 bits per heavy atom. The van der Waals surface area contributed by atoms with Gasteiger partial charge in [0.2, 0.25) is 0 Å². The number of ketones is 1. The fraction of sp³-hybridized carbons (Fsp3) is 0.286. The highest BCUT2D eigenvalue weighted by molar-refractivity contribution is 7.11. The monoisotopic (exact) mass is 243 g/mol. The van der Waals surface area contributed by atoms with E-state index in [1.165, 1.54) is 35.3 Å². The number of aryl methyl sites for hydroxylation is 2. The summed E-state index contributed by atoms with van der Waals surface area (Å²) < 4.78 is 0. The van der Waals surface area contributed by atoms with Crippen LogP contribution in [0.5, 0.6) is 0 Å². The van der Waals surface area contributed by atoms with E-state index >= 15 is 0 Å². The number of rotatable bonds is 3. The SMILES string of the molecule is O=C(Cc1ccc2c(c1)CCC2)c1cncs1. The van der Waals surface area contributed by atoms with Crippen molar-refractivity contribution in [3.05, 3.63) is 51.5 Å². The molecule has 0 fully saturated rings. The third-order valence-corrected chi connectivity index (χ3v) is 4.05. The van der Waals surface area contributed by atoms with Gasteiger partial charge in [-0.25, -0.2) is 0 Å². The fourth-order valence-electron chi connectivity index (χ4n) is 2.36. The fourth-order valence-corrected chi connectivity index (χ4v) is 2.92. The molecule has 1 aromatic heterocycles. The number of fused-ring (bicyclic) bond motifs is 1. The summed E-state index contributed by atoms with van der Waals surface area (Å²) in [7, 11) is 0. The number of hydrogen-bond donors (Lipinski definition) is 0. The maximum absolute atomic E-state index is 11.9. The quantitative estimate of drug-likeness (QED) is 0.775. The van der Waals surface area contributed by atoms with Crippen molar-refractivity contribution < 1.29 is 4.79 Å². The van der Waals surface area contributed by atoms with E-state index in [0.717, 1.165) is 16.9 Å². The largest absolute Gasteiger partial charge is 0.293 e. The minimum atomic E-state index is 0.172. The van der Waals surface area contributed by atoms with Crippen LogP contribution < -0.4 is 0 Å². The van der Waals surface area contributed by atoms with Crippen molar-refractivity contribution in [2.45, 2.75) is 25.7 Å².